The van der Waals surface area contributed by atoms with Gasteiger partial charge in [-0.1, -0.05) is 388 Å². The fourth-order valence-corrected chi connectivity index (χ4v) is 14.3. The number of unbranched alkanes of at least 4 members (excludes halogenated alkanes) is 53. The minimum absolute atomic E-state index is 0.107. The second-order valence-electron chi connectivity index (χ2n) is 29.8. The smallest absolute Gasteiger partial charge is 0.462 e. The lowest BCUT2D eigenvalue weighted by atomic mass is 10.00. The Hall–Kier alpha value is -1.94. The van der Waals surface area contributed by atoms with E-state index < -0.39 is 97.5 Å². The summed E-state index contributed by atoms with van der Waals surface area (Å²) < 4.78 is 68.8. The molecule has 0 fully saturated rings. The van der Waals surface area contributed by atoms with E-state index in [9.17, 15) is 43.2 Å². The quantitative estimate of drug-likeness (QED) is 0.0222. The standard InChI is InChI=1S/C82H160O17P2/c1-6-10-13-16-19-22-25-28-31-33-35-37-39-42-45-48-51-58-63-68-81(86)98-77(71-92-79(84)65-60-55-49-46-43-41-38-36-34-32-29-26-23-20-17-14-11-7-2)73-96-100(88,89)94-69-76(83)70-95-101(90,91)97-74-78(72-93-80(85)66-61-56-53-52-54-59-64-75(5)9-4)99-82(87)67-62-57-50-47-44-40-30-27-24-21-18-15-12-8-3/h75-78,83H,6-74H2,1-5H3,(H,88,89)(H,90,91)/t75?,76-,77-,78-/m1/s1. The normalized spacial score (nSPS) is 14.1. The maximum Gasteiger partial charge on any atom is 0.472 e. The third kappa shape index (κ3) is 74.7. The third-order valence-electron chi connectivity index (χ3n) is 19.6. The van der Waals surface area contributed by atoms with Gasteiger partial charge in [-0.3, -0.25) is 37.3 Å². The van der Waals surface area contributed by atoms with E-state index in [1.54, 1.807) is 0 Å². The molecule has 600 valence electrons. The minimum Gasteiger partial charge on any atom is -0.462 e. The van der Waals surface area contributed by atoms with Gasteiger partial charge in [0.1, 0.15) is 19.3 Å². The van der Waals surface area contributed by atoms with Crippen LogP contribution in [-0.2, 0) is 65.4 Å². The van der Waals surface area contributed by atoms with Crippen LogP contribution in [0.1, 0.15) is 439 Å². The van der Waals surface area contributed by atoms with Crippen molar-refractivity contribution in [2.24, 2.45) is 5.92 Å². The molecule has 17 nitrogen and oxygen atoms in total. The summed E-state index contributed by atoms with van der Waals surface area (Å²) in [5.74, 6) is -1.37. The average molecular weight is 1480 g/mol. The lowest BCUT2D eigenvalue weighted by Gasteiger charge is -2.21. The molecule has 0 aromatic carbocycles. The molecule has 6 atom stereocenters. The summed E-state index contributed by atoms with van der Waals surface area (Å²) in [7, 11) is -9.92. The maximum atomic E-state index is 13.1. The van der Waals surface area contributed by atoms with Gasteiger partial charge >= 0.3 is 39.5 Å². The van der Waals surface area contributed by atoms with Crippen molar-refractivity contribution in [1.29, 1.82) is 0 Å². The Bertz CT molecular complexity index is 1930. The van der Waals surface area contributed by atoms with Crippen LogP contribution in [0.5, 0.6) is 0 Å². The first-order chi connectivity index (χ1) is 49.1. The van der Waals surface area contributed by atoms with Crippen LogP contribution < -0.4 is 0 Å². The molecule has 0 radical (unpaired) electrons. The average Bonchev–Trinajstić information content (AvgIpc) is 0.990. The van der Waals surface area contributed by atoms with Gasteiger partial charge in [0.25, 0.3) is 0 Å². The summed E-state index contributed by atoms with van der Waals surface area (Å²) in [6.07, 6.45) is 66.6. The molecule has 0 saturated heterocycles. The summed E-state index contributed by atoms with van der Waals surface area (Å²) >= 11 is 0. The van der Waals surface area contributed by atoms with Crippen LogP contribution in [0.2, 0.25) is 0 Å². The molecule has 0 aliphatic heterocycles. The third-order valence-corrected chi connectivity index (χ3v) is 21.5. The molecular formula is C82H160O17P2. The summed E-state index contributed by atoms with van der Waals surface area (Å²) in [5, 5.41) is 10.6. The van der Waals surface area contributed by atoms with E-state index in [2.05, 4.69) is 34.6 Å². The van der Waals surface area contributed by atoms with Gasteiger partial charge in [-0.05, 0) is 31.6 Å². The summed E-state index contributed by atoms with van der Waals surface area (Å²) in [6.45, 7) is 7.30. The molecule has 3 N–H and O–H groups in total. The van der Waals surface area contributed by atoms with Crippen LogP contribution in [0.4, 0.5) is 0 Å². The predicted octanol–water partition coefficient (Wildman–Crippen LogP) is 24.8. The van der Waals surface area contributed by atoms with Crippen molar-refractivity contribution in [1.82, 2.24) is 0 Å². The summed E-state index contributed by atoms with van der Waals surface area (Å²) in [5.41, 5.74) is 0. The first-order valence-electron chi connectivity index (χ1n) is 42.7. The fourth-order valence-electron chi connectivity index (χ4n) is 12.7. The molecule has 0 aliphatic rings. The molecule has 0 aromatic heterocycles. The highest BCUT2D eigenvalue weighted by Crippen LogP contribution is 2.45. The van der Waals surface area contributed by atoms with E-state index in [1.807, 2.05) is 0 Å². The van der Waals surface area contributed by atoms with Gasteiger partial charge in [-0.2, -0.15) is 0 Å². The zero-order valence-corrected chi connectivity index (χ0v) is 67.8. The van der Waals surface area contributed by atoms with Crippen molar-refractivity contribution in [2.75, 3.05) is 39.6 Å². The first kappa shape index (κ1) is 99.1. The zero-order chi connectivity index (χ0) is 74.1. The van der Waals surface area contributed by atoms with Crippen molar-refractivity contribution < 1.29 is 80.2 Å². The zero-order valence-electron chi connectivity index (χ0n) is 66.1. The van der Waals surface area contributed by atoms with Crippen LogP contribution in [0, 0.1) is 5.92 Å². The number of phosphoric ester groups is 2. The number of aliphatic hydroxyl groups is 1. The monoisotopic (exact) mass is 1480 g/mol. The molecule has 101 heavy (non-hydrogen) atoms. The van der Waals surface area contributed by atoms with Crippen LogP contribution >= 0.6 is 15.6 Å². The Kier molecular flexibility index (Phi) is 73.5. The van der Waals surface area contributed by atoms with Crippen LogP contribution in [0.25, 0.3) is 0 Å². The number of phosphoric acid groups is 2. The second kappa shape index (κ2) is 74.9. The SMILES string of the molecule is CCCCCCCCCCCCCCCCCCCCCC(=O)O[C@H](COC(=O)CCCCCCCCCCCCCCCCCCCC)COP(=O)(O)OC[C@@H](O)COP(=O)(O)OC[C@@H](COC(=O)CCCCCCCCC(C)CC)OC(=O)CCCCCCCCCCCCCCCC. The lowest BCUT2D eigenvalue weighted by Crippen LogP contribution is -2.30. The van der Waals surface area contributed by atoms with E-state index in [0.29, 0.717) is 25.7 Å². The van der Waals surface area contributed by atoms with Gasteiger partial charge in [-0.15, -0.1) is 0 Å². The van der Waals surface area contributed by atoms with Crippen LogP contribution in [0.15, 0.2) is 0 Å². The van der Waals surface area contributed by atoms with Crippen molar-refractivity contribution in [3.05, 3.63) is 0 Å². The largest absolute Gasteiger partial charge is 0.472 e. The van der Waals surface area contributed by atoms with Crippen LogP contribution in [0.3, 0.4) is 0 Å². The molecule has 0 bridgehead atoms. The number of aliphatic hydroxyl groups excluding tert-OH is 1. The Balaban J connectivity index is 5.23. The summed E-state index contributed by atoms with van der Waals surface area (Å²) in [6, 6.07) is 0. The highest BCUT2D eigenvalue weighted by atomic mass is 31.2. The number of rotatable bonds is 82. The Morgan fingerprint density at radius 3 is 0.703 bits per heavy atom. The van der Waals surface area contributed by atoms with Gasteiger partial charge in [0, 0.05) is 25.7 Å². The Morgan fingerprint density at radius 1 is 0.277 bits per heavy atom. The Labute approximate surface area is 619 Å². The molecule has 0 saturated carbocycles. The fraction of sp³-hybridized carbons (Fsp3) is 0.951. The van der Waals surface area contributed by atoms with E-state index in [0.717, 1.165) is 102 Å². The summed E-state index contributed by atoms with van der Waals surface area (Å²) in [4.78, 5) is 73.1. The van der Waals surface area contributed by atoms with Gasteiger partial charge in [0.2, 0.25) is 0 Å². The molecule has 0 heterocycles. The van der Waals surface area contributed by atoms with Gasteiger partial charge in [0.15, 0.2) is 12.2 Å². The number of hydrogen-bond acceptors (Lipinski definition) is 15. The molecule has 0 rings (SSSR count). The van der Waals surface area contributed by atoms with Crippen molar-refractivity contribution in [3.8, 4) is 0 Å². The van der Waals surface area contributed by atoms with E-state index in [-0.39, 0.29) is 25.7 Å². The van der Waals surface area contributed by atoms with Crippen molar-refractivity contribution in [3.63, 3.8) is 0 Å². The molecule has 0 amide bonds. The van der Waals surface area contributed by atoms with Gasteiger partial charge in [-0.25, -0.2) is 9.13 Å². The lowest BCUT2D eigenvalue weighted by molar-refractivity contribution is -0.161. The topological polar surface area (TPSA) is 237 Å². The molecule has 19 heteroatoms. The van der Waals surface area contributed by atoms with E-state index in [4.69, 9.17) is 37.0 Å². The van der Waals surface area contributed by atoms with Gasteiger partial charge in [0.05, 0.1) is 26.4 Å². The van der Waals surface area contributed by atoms with E-state index >= 15 is 0 Å². The number of carbonyl (C=O) groups is 4. The molecule has 0 aliphatic carbocycles. The van der Waals surface area contributed by atoms with Crippen molar-refractivity contribution >= 4 is 39.5 Å². The van der Waals surface area contributed by atoms with Gasteiger partial charge < -0.3 is 33.8 Å². The predicted molar refractivity (Wildman–Crippen MR) is 414 cm³/mol. The minimum atomic E-state index is -4.96. The molecule has 0 aromatic rings. The number of esters is 4. The molecule has 3 unspecified atom stereocenters. The molecular weight excluding hydrogens is 1320 g/mol. The Morgan fingerprint density at radius 2 is 0.475 bits per heavy atom. The number of ether oxygens (including phenoxy) is 4. The highest BCUT2D eigenvalue weighted by Gasteiger charge is 2.30. The number of hydrogen-bond donors (Lipinski definition) is 3. The molecule has 0 spiro atoms. The van der Waals surface area contributed by atoms with Crippen molar-refractivity contribution in [2.45, 2.75) is 457 Å². The number of carbonyl (C=O) groups excluding carboxylic acids is 4. The van der Waals surface area contributed by atoms with E-state index in [1.165, 1.54) is 257 Å². The highest BCUT2D eigenvalue weighted by molar-refractivity contribution is 7.47. The first-order valence-corrected chi connectivity index (χ1v) is 45.7. The van der Waals surface area contributed by atoms with Crippen LogP contribution in [-0.4, -0.2) is 96.7 Å². The maximum absolute atomic E-state index is 13.1. The second-order valence-corrected chi connectivity index (χ2v) is 32.7.